The smallest absolute Gasteiger partial charge is 0.167 e. The van der Waals surface area contributed by atoms with E-state index < -0.39 is 5.82 Å². The van der Waals surface area contributed by atoms with Crippen molar-refractivity contribution >= 4 is 0 Å². The van der Waals surface area contributed by atoms with E-state index in [1.165, 1.54) is 13.2 Å². The predicted molar refractivity (Wildman–Crippen MR) is 72.0 cm³/mol. The molecule has 0 saturated carbocycles. The minimum Gasteiger partial charge on any atom is -0.494 e. The summed E-state index contributed by atoms with van der Waals surface area (Å²) in [5.74, 6) is 0.297. The van der Waals surface area contributed by atoms with E-state index >= 15 is 0 Å². The lowest BCUT2D eigenvalue weighted by Crippen LogP contribution is -2.18. The molecule has 5 nitrogen and oxygen atoms in total. The summed E-state index contributed by atoms with van der Waals surface area (Å²) in [6, 6.07) is 6.43. The van der Waals surface area contributed by atoms with Gasteiger partial charge in [-0.2, -0.15) is 0 Å². The lowest BCUT2D eigenvalue weighted by atomic mass is 10.1. The molecule has 0 spiro atoms. The number of aromatic nitrogens is 1. The molecule has 0 radical (unpaired) electrons. The van der Waals surface area contributed by atoms with Crippen molar-refractivity contribution < 1.29 is 18.4 Å². The first-order valence-electron chi connectivity index (χ1n) is 6.23. The topological polar surface area (TPSA) is 56.5 Å². The van der Waals surface area contributed by atoms with Crippen LogP contribution in [0.4, 0.5) is 4.39 Å². The van der Waals surface area contributed by atoms with Crippen molar-refractivity contribution in [1.82, 2.24) is 10.5 Å². The van der Waals surface area contributed by atoms with Crippen molar-refractivity contribution in [3.05, 3.63) is 35.8 Å². The van der Waals surface area contributed by atoms with Gasteiger partial charge in [-0.25, -0.2) is 4.39 Å². The third-order valence-corrected chi connectivity index (χ3v) is 2.78. The molecule has 20 heavy (non-hydrogen) atoms. The van der Waals surface area contributed by atoms with E-state index in [-0.39, 0.29) is 5.75 Å². The van der Waals surface area contributed by atoms with Gasteiger partial charge in [-0.1, -0.05) is 5.16 Å². The zero-order valence-corrected chi connectivity index (χ0v) is 11.5. The van der Waals surface area contributed by atoms with Gasteiger partial charge in [0, 0.05) is 31.8 Å². The molecule has 0 aliphatic heterocycles. The second-order valence-electron chi connectivity index (χ2n) is 4.20. The van der Waals surface area contributed by atoms with Crippen molar-refractivity contribution in [2.75, 3.05) is 27.4 Å². The van der Waals surface area contributed by atoms with Crippen LogP contribution in [0.2, 0.25) is 0 Å². The minimum absolute atomic E-state index is 0.203. The van der Waals surface area contributed by atoms with E-state index in [2.05, 4.69) is 10.5 Å². The second-order valence-corrected chi connectivity index (χ2v) is 4.20. The molecule has 0 saturated heterocycles. The van der Waals surface area contributed by atoms with Crippen molar-refractivity contribution in [1.29, 1.82) is 0 Å². The Bertz CT molecular complexity index is 557. The van der Waals surface area contributed by atoms with Crippen LogP contribution >= 0.6 is 0 Å². The number of rotatable bonds is 7. The molecular formula is C14H17FN2O3. The molecule has 1 aromatic carbocycles. The predicted octanol–water partition coefficient (Wildman–Crippen LogP) is 2.23. The van der Waals surface area contributed by atoms with Crippen LogP contribution in [0.15, 0.2) is 28.8 Å². The molecule has 0 amide bonds. The van der Waals surface area contributed by atoms with Gasteiger partial charge in [-0.3, -0.25) is 0 Å². The van der Waals surface area contributed by atoms with Gasteiger partial charge in [-0.05, 0) is 18.2 Å². The Hall–Kier alpha value is -1.92. The fourth-order valence-corrected chi connectivity index (χ4v) is 1.74. The molecule has 6 heteroatoms. The molecule has 2 aromatic rings. The zero-order chi connectivity index (χ0) is 14.4. The highest BCUT2D eigenvalue weighted by Crippen LogP contribution is 2.25. The lowest BCUT2D eigenvalue weighted by Gasteiger charge is -2.02. The maximum atomic E-state index is 13.6. The van der Waals surface area contributed by atoms with Crippen LogP contribution < -0.4 is 10.1 Å². The van der Waals surface area contributed by atoms with Crippen LogP contribution in [0.5, 0.6) is 5.75 Å². The van der Waals surface area contributed by atoms with E-state index in [4.69, 9.17) is 14.0 Å². The largest absolute Gasteiger partial charge is 0.494 e. The third-order valence-electron chi connectivity index (χ3n) is 2.78. The SMILES string of the molecule is COCCNCc1cc(-c2ccc(OC)c(F)c2)on1. The van der Waals surface area contributed by atoms with Gasteiger partial charge in [0.1, 0.15) is 0 Å². The number of ether oxygens (including phenoxy) is 2. The molecule has 0 bridgehead atoms. The number of hydrogen-bond acceptors (Lipinski definition) is 5. The summed E-state index contributed by atoms with van der Waals surface area (Å²) in [5.41, 5.74) is 1.38. The highest BCUT2D eigenvalue weighted by Gasteiger charge is 2.10. The van der Waals surface area contributed by atoms with E-state index in [1.807, 2.05) is 0 Å². The summed E-state index contributed by atoms with van der Waals surface area (Å²) in [6.07, 6.45) is 0. The number of benzene rings is 1. The molecule has 108 valence electrons. The maximum absolute atomic E-state index is 13.6. The average Bonchev–Trinajstić information content (AvgIpc) is 2.92. The Morgan fingerprint density at radius 2 is 2.15 bits per heavy atom. The van der Waals surface area contributed by atoms with Gasteiger partial charge in [0.15, 0.2) is 17.3 Å². The molecule has 0 aliphatic carbocycles. The number of hydrogen-bond donors (Lipinski definition) is 1. The third kappa shape index (κ3) is 3.55. The quantitative estimate of drug-likeness (QED) is 0.788. The molecule has 0 aliphatic rings. The molecule has 2 rings (SSSR count). The van der Waals surface area contributed by atoms with Crippen LogP contribution in [0.1, 0.15) is 5.69 Å². The fraction of sp³-hybridized carbons (Fsp3) is 0.357. The maximum Gasteiger partial charge on any atom is 0.167 e. The van der Waals surface area contributed by atoms with E-state index in [0.29, 0.717) is 24.5 Å². The monoisotopic (exact) mass is 280 g/mol. The Balaban J connectivity index is 2.03. The van der Waals surface area contributed by atoms with Gasteiger partial charge in [0.25, 0.3) is 0 Å². The summed E-state index contributed by atoms with van der Waals surface area (Å²) in [5, 5.41) is 7.09. The minimum atomic E-state index is -0.429. The Morgan fingerprint density at radius 3 is 2.85 bits per heavy atom. The van der Waals surface area contributed by atoms with E-state index in [9.17, 15) is 4.39 Å². The van der Waals surface area contributed by atoms with Crippen molar-refractivity contribution in [3.8, 4) is 17.1 Å². The normalized spacial score (nSPS) is 10.8. The summed E-state index contributed by atoms with van der Waals surface area (Å²) in [4.78, 5) is 0. The zero-order valence-electron chi connectivity index (χ0n) is 11.5. The van der Waals surface area contributed by atoms with Crippen LogP contribution in [-0.2, 0) is 11.3 Å². The first kappa shape index (κ1) is 14.5. The Labute approximate surface area is 116 Å². The van der Waals surface area contributed by atoms with Gasteiger partial charge >= 0.3 is 0 Å². The van der Waals surface area contributed by atoms with E-state index in [0.717, 1.165) is 12.2 Å². The number of nitrogens with zero attached hydrogens (tertiary/aromatic N) is 1. The first-order valence-corrected chi connectivity index (χ1v) is 6.23. The lowest BCUT2D eigenvalue weighted by molar-refractivity contribution is 0.199. The molecule has 0 unspecified atom stereocenters. The summed E-state index contributed by atoms with van der Waals surface area (Å²) >= 11 is 0. The van der Waals surface area contributed by atoms with Crippen LogP contribution in [0.25, 0.3) is 11.3 Å². The molecular weight excluding hydrogens is 263 g/mol. The standard InChI is InChI=1S/C14H17FN2O3/c1-18-6-5-16-9-11-8-14(20-17-11)10-3-4-13(19-2)12(15)7-10/h3-4,7-8,16H,5-6,9H2,1-2H3. The molecule has 1 N–H and O–H groups in total. The van der Waals surface area contributed by atoms with Gasteiger partial charge in [-0.15, -0.1) is 0 Å². The summed E-state index contributed by atoms with van der Waals surface area (Å²) in [6.45, 7) is 1.94. The highest BCUT2D eigenvalue weighted by molar-refractivity contribution is 5.58. The van der Waals surface area contributed by atoms with Crippen molar-refractivity contribution in [2.45, 2.75) is 6.54 Å². The molecule has 0 fully saturated rings. The van der Waals surface area contributed by atoms with Crippen molar-refractivity contribution in [3.63, 3.8) is 0 Å². The number of methoxy groups -OCH3 is 2. The van der Waals surface area contributed by atoms with Crippen LogP contribution in [-0.4, -0.2) is 32.5 Å². The van der Waals surface area contributed by atoms with Gasteiger partial charge in [0.05, 0.1) is 19.4 Å². The van der Waals surface area contributed by atoms with Crippen LogP contribution in [0.3, 0.4) is 0 Å². The molecule has 0 atom stereocenters. The number of nitrogens with one attached hydrogen (secondary N) is 1. The average molecular weight is 280 g/mol. The molecule has 1 heterocycles. The van der Waals surface area contributed by atoms with Crippen molar-refractivity contribution in [2.24, 2.45) is 0 Å². The van der Waals surface area contributed by atoms with Gasteiger partial charge in [0.2, 0.25) is 0 Å². The fourth-order valence-electron chi connectivity index (χ4n) is 1.74. The summed E-state index contributed by atoms with van der Waals surface area (Å²) in [7, 11) is 3.07. The second kappa shape index (κ2) is 7.02. The molecule has 1 aromatic heterocycles. The van der Waals surface area contributed by atoms with Crippen LogP contribution in [0, 0.1) is 5.82 Å². The summed E-state index contributed by atoms with van der Waals surface area (Å²) < 4.78 is 28.6. The van der Waals surface area contributed by atoms with E-state index in [1.54, 1.807) is 25.3 Å². The first-order chi connectivity index (χ1) is 9.74. The Kier molecular flexibility index (Phi) is 5.09. The highest BCUT2D eigenvalue weighted by atomic mass is 19.1. The van der Waals surface area contributed by atoms with Gasteiger partial charge < -0.3 is 19.3 Å². The Morgan fingerprint density at radius 1 is 1.30 bits per heavy atom. The number of halogens is 1.